The molecule has 0 amide bonds. The summed E-state index contributed by atoms with van der Waals surface area (Å²) in [6, 6.07) is 7.85. The van der Waals surface area contributed by atoms with E-state index >= 15 is 0 Å². The molecule has 222 valence electrons. The van der Waals surface area contributed by atoms with Crippen molar-refractivity contribution >= 4 is 29.4 Å². The van der Waals surface area contributed by atoms with E-state index in [4.69, 9.17) is 11.6 Å². The number of halogens is 1. The van der Waals surface area contributed by atoms with Gasteiger partial charge >= 0.3 is 5.97 Å². The minimum atomic E-state index is -0.594. The summed E-state index contributed by atoms with van der Waals surface area (Å²) in [6.07, 6.45) is 11.7. The molecule has 0 aliphatic heterocycles. The number of carbonyl (C=O) groups excluding carboxylic acids is 1. The number of ketones is 1. The number of hydrogen-bond donors (Lipinski definition) is 1. The third kappa shape index (κ3) is 4.03. The standard InChI is InChI=1S/C37H49ClO3/c1-21-17-27(33(40)41)26-13-15-36(6)28(31(26)22(21)2)11-12-30-35(5)20-24(18-23-9-8-10-25(38)19-23)32(39)34(3,4)29(35)14-16-37(30,36)7/h8-11,18-19,21-22,26-27,29-31H,12-17,20H2,1-7H3,(H,40,41)/b24-18-/t21-,22+,26?,27-,29?,30?,31?,35+,36-,37-/m1/s1. The predicted molar refractivity (Wildman–Crippen MR) is 166 cm³/mol. The molecule has 3 nitrogen and oxygen atoms in total. The fourth-order valence-corrected chi connectivity index (χ4v) is 11.9. The summed E-state index contributed by atoms with van der Waals surface area (Å²) in [5, 5.41) is 10.9. The van der Waals surface area contributed by atoms with Gasteiger partial charge in [0.15, 0.2) is 5.78 Å². The zero-order chi connectivity index (χ0) is 29.7. The molecule has 6 rings (SSSR count). The van der Waals surface area contributed by atoms with Gasteiger partial charge in [-0.2, -0.15) is 0 Å². The van der Waals surface area contributed by atoms with Crippen LogP contribution in [0.4, 0.5) is 0 Å². The summed E-state index contributed by atoms with van der Waals surface area (Å²) in [5.74, 6) is 1.84. The molecule has 5 aliphatic carbocycles. The fourth-order valence-electron chi connectivity index (χ4n) is 11.7. The van der Waals surface area contributed by atoms with E-state index in [2.05, 4.69) is 60.6 Å². The molecule has 5 aliphatic rings. The number of Topliss-reactive ketones (excluding diaryl/α,β-unsaturated/α-hetero) is 1. The molecule has 0 aromatic heterocycles. The lowest BCUT2D eigenvalue weighted by atomic mass is 9.34. The molecule has 4 unspecified atom stereocenters. The lowest BCUT2D eigenvalue weighted by Crippen LogP contribution is -2.64. The largest absolute Gasteiger partial charge is 0.481 e. The normalized spacial score (nSPS) is 46.0. The Balaban J connectivity index is 1.43. The lowest BCUT2D eigenvalue weighted by Gasteiger charge is -2.70. The number of carboxylic acid groups (broad SMARTS) is 1. The van der Waals surface area contributed by atoms with Gasteiger partial charge in [0.2, 0.25) is 0 Å². The van der Waals surface area contributed by atoms with Crippen LogP contribution in [0.2, 0.25) is 5.02 Å². The van der Waals surface area contributed by atoms with Crippen molar-refractivity contribution in [3.8, 4) is 0 Å². The van der Waals surface area contributed by atoms with E-state index in [1.54, 1.807) is 5.57 Å². The Hall–Kier alpha value is -1.87. The van der Waals surface area contributed by atoms with E-state index in [0.717, 1.165) is 56.1 Å². The summed E-state index contributed by atoms with van der Waals surface area (Å²) in [4.78, 5) is 26.4. The van der Waals surface area contributed by atoms with Gasteiger partial charge in [0.05, 0.1) is 5.92 Å². The van der Waals surface area contributed by atoms with E-state index in [1.165, 1.54) is 0 Å². The van der Waals surface area contributed by atoms with Gasteiger partial charge in [0.1, 0.15) is 0 Å². The van der Waals surface area contributed by atoms with Crippen molar-refractivity contribution in [3.63, 3.8) is 0 Å². The van der Waals surface area contributed by atoms with Crippen molar-refractivity contribution in [2.75, 3.05) is 0 Å². The van der Waals surface area contributed by atoms with Crippen molar-refractivity contribution in [1.29, 1.82) is 0 Å². The number of allylic oxidation sites excluding steroid dienone is 3. The van der Waals surface area contributed by atoms with Gasteiger partial charge in [-0.15, -0.1) is 0 Å². The van der Waals surface area contributed by atoms with Gasteiger partial charge in [0, 0.05) is 10.4 Å². The van der Waals surface area contributed by atoms with Crippen LogP contribution >= 0.6 is 11.6 Å². The molecule has 0 bridgehead atoms. The maximum absolute atomic E-state index is 14.0. The summed E-state index contributed by atoms with van der Waals surface area (Å²) in [7, 11) is 0. The highest BCUT2D eigenvalue weighted by Crippen LogP contribution is 2.74. The van der Waals surface area contributed by atoms with Crippen molar-refractivity contribution in [2.24, 2.45) is 63.1 Å². The van der Waals surface area contributed by atoms with Crippen LogP contribution in [0.1, 0.15) is 99.0 Å². The second-order valence-corrected chi connectivity index (χ2v) is 16.4. The predicted octanol–water partition coefficient (Wildman–Crippen LogP) is 9.50. The van der Waals surface area contributed by atoms with E-state index in [1.807, 2.05) is 24.3 Å². The number of fused-ring (bicyclic) bond motifs is 7. The van der Waals surface area contributed by atoms with E-state index in [-0.39, 0.29) is 28.1 Å². The molecule has 1 aromatic rings. The van der Waals surface area contributed by atoms with E-state index in [9.17, 15) is 14.7 Å². The molecular weight excluding hydrogens is 528 g/mol. The third-order valence-corrected chi connectivity index (χ3v) is 14.3. The van der Waals surface area contributed by atoms with Crippen molar-refractivity contribution in [3.05, 3.63) is 52.1 Å². The van der Waals surface area contributed by atoms with Crippen LogP contribution in [-0.4, -0.2) is 16.9 Å². The SMILES string of the molecule is C[C@@H]1C[C@@H](C(=O)O)C2CC[C@]3(C)C(=CCC4[C@@]5(C)C/C(=C/c6cccc(Cl)c6)C(=O)C(C)(C)C5CC[C@]43C)C2[C@H]1C. The molecule has 41 heavy (non-hydrogen) atoms. The van der Waals surface area contributed by atoms with Gasteiger partial charge in [-0.25, -0.2) is 0 Å². The average molecular weight is 577 g/mol. The first-order chi connectivity index (χ1) is 19.1. The smallest absolute Gasteiger partial charge is 0.306 e. The first-order valence-electron chi connectivity index (χ1n) is 16.1. The highest BCUT2D eigenvalue weighted by atomic mass is 35.5. The number of aliphatic carboxylic acids is 1. The van der Waals surface area contributed by atoms with Crippen molar-refractivity contribution in [1.82, 2.24) is 0 Å². The molecule has 4 fully saturated rings. The second kappa shape index (κ2) is 9.57. The summed E-state index contributed by atoms with van der Waals surface area (Å²) < 4.78 is 0. The monoisotopic (exact) mass is 576 g/mol. The highest BCUT2D eigenvalue weighted by molar-refractivity contribution is 6.30. The molecule has 0 spiro atoms. The summed E-state index contributed by atoms with van der Waals surface area (Å²) >= 11 is 6.32. The Morgan fingerprint density at radius 3 is 2.46 bits per heavy atom. The van der Waals surface area contributed by atoms with Gasteiger partial charge in [0.25, 0.3) is 0 Å². The molecule has 0 radical (unpaired) electrons. The van der Waals surface area contributed by atoms with Crippen LogP contribution < -0.4 is 0 Å². The number of hydrogen-bond acceptors (Lipinski definition) is 2. The minimum Gasteiger partial charge on any atom is -0.481 e. The minimum absolute atomic E-state index is 0.00573. The molecule has 1 N–H and O–H groups in total. The van der Waals surface area contributed by atoms with Crippen LogP contribution in [0, 0.1) is 63.1 Å². The highest BCUT2D eigenvalue weighted by Gasteiger charge is 2.68. The third-order valence-electron chi connectivity index (χ3n) is 14.0. The second-order valence-electron chi connectivity index (χ2n) is 16.0. The maximum atomic E-state index is 14.0. The van der Waals surface area contributed by atoms with Gasteiger partial charge in [-0.1, -0.05) is 83.8 Å². The van der Waals surface area contributed by atoms with Crippen LogP contribution in [0.5, 0.6) is 0 Å². The van der Waals surface area contributed by atoms with Crippen molar-refractivity contribution in [2.45, 2.75) is 93.4 Å². The summed E-state index contributed by atoms with van der Waals surface area (Å²) in [6.45, 7) is 16.7. The van der Waals surface area contributed by atoms with Gasteiger partial charge in [-0.05, 0) is 126 Å². The van der Waals surface area contributed by atoms with Crippen LogP contribution in [0.25, 0.3) is 6.08 Å². The Kier molecular flexibility index (Phi) is 6.82. The topological polar surface area (TPSA) is 54.4 Å². The molecule has 0 heterocycles. The average Bonchev–Trinajstić information content (AvgIpc) is 2.89. The van der Waals surface area contributed by atoms with Crippen molar-refractivity contribution < 1.29 is 14.7 Å². The van der Waals surface area contributed by atoms with Crippen LogP contribution in [-0.2, 0) is 9.59 Å². The molecule has 4 heteroatoms. The Labute approximate surface area is 252 Å². The number of rotatable bonds is 2. The number of carbonyl (C=O) groups is 2. The quantitative estimate of drug-likeness (QED) is 0.282. The fraction of sp³-hybridized carbons (Fsp3) is 0.676. The van der Waals surface area contributed by atoms with E-state index in [0.29, 0.717) is 40.4 Å². The summed E-state index contributed by atoms with van der Waals surface area (Å²) in [5.41, 5.74) is 3.30. The van der Waals surface area contributed by atoms with Gasteiger partial charge in [-0.3, -0.25) is 9.59 Å². The van der Waals surface area contributed by atoms with E-state index < -0.39 is 11.4 Å². The molecule has 4 saturated carbocycles. The first kappa shape index (κ1) is 29.2. The maximum Gasteiger partial charge on any atom is 0.306 e. The zero-order valence-electron chi connectivity index (χ0n) is 26.1. The van der Waals surface area contributed by atoms with Crippen LogP contribution in [0.15, 0.2) is 41.5 Å². The molecule has 10 atom stereocenters. The number of benzene rings is 1. The Morgan fingerprint density at radius 2 is 1.78 bits per heavy atom. The molecular formula is C37H49ClO3. The zero-order valence-corrected chi connectivity index (χ0v) is 26.9. The molecule has 1 aromatic carbocycles. The van der Waals surface area contributed by atoms with Crippen LogP contribution in [0.3, 0.4) is 0 Å². The lowest BCUT2D eigenvalue weighted by molar-refractivity contribution is -0.177. The Bertz CT molecular complexity index is 1340. The van der Waals surface area contributed by atoms with Gasteiger partial charge < -0.3 is 5.11 Å². The first-order valence-corrected chi connectivity index (χ1v) is 16.5. The molecule has 0 saturated heterocycles. The number of carboxylic acids is 1. The Morgan fingerprint density at radius 1 is 1.05 bits per heavy atom.